The van der Waals surface area contributed by atoms with Crippen LogP contribution in [0.15, 0.2) is 30.3 Å². The molecule has 0 atom stereocenters. The standard InChI is InChI=1S/C14H13ClFNO2/c1-8-5-9(15)3-4-12(8)19-14-7-13(18-2)10(16)6-11(14)17/h3-7H,17H2,1-2H3. The Morgan fingerprint density at radius 2 is 1.84 bits per heavy atom. The van der Waals surface area contributed by atoms with Gasteiger partial charge in [0.15, 0.2) is 17.3 Å². The Morgan fingerprint density at radius 1 is 1.11 bits per heavy atom. The lowest BCUT2D eigenvalue weighted by molar-refractivity contribution is 0.382. The summed E-state index contributed by atoms with van der Waals surface area (Å²) in [4.78, 5) is 0. The SMILES string of the molecule is COc1cc(Oc2ccc(Cl)cc2C)c(N)cc1F. The molecule has 2 N–H and O–H groups in total. The molecule has 0 aromatic heterocycles. The van der Waals surface area contributed by atoms with Crippen LogP contribution in [0.25, 0.3) is 0 Å². The first-order valence-electron chi connectivity index (χ1n) is 5.58. The molecule has 0 fully saturated rings. The van der Waals surface area contributed by atoms with E-state index < -0.39 is 5.82 Å². The van der Waals surface area contributed by atoms with Gasteiger partial charge in [-0.25, -0.2) is 4.39 Å². The normalized spacial score (nSPS) is 10.3. The van der Waals surface area contributed by atoms with Gasteiger partial charge in [-0.15, -0.1) is 0 Å². The zero-order valence-corrected chi connectivity index (χ0v) is 11.3. The van der Waals surface area contributed by atoms with Crippen molar-refractivity contribution in [1.29, 1.82) is 0 Å². The van der Waals surface area contributed by atoms with Gasteiger partial charge in [0, 0.05) is 17.2 Å². The third-order valence-electron chi connectivity index (χ3n) is 2.64. The summed E-state index contributed by atoms with van der Waals surface area (Å²) < 4.78 is 24.0. The van der Waals surface area contributed by atoms with Gasteiger partial charge in [-0.3, -0.25) is 0 Å². The third-order valence-corrected chi connectivity index (χ3v) is 2.88. The van der Waals surface area contributed by atoms with Crippen LogP contribution >= 0.6 is 11.6 Å². The first-order valence-corrected chi connectivity index (χ1v) is 5.96. The first kappa shape index (κ1) is 13.5. The van der Waals surface area contributed by atoms with E-state index in [4.69, 9.17) is 26.8 Å². The van der Waals surface area contributed by atoms with Crippen LogP contribution in [0.5, 0.6) is 17.2 Å². The highest BCUT2D eigenvalue weighted by molar-refractivity contribution is 6.30. The summed E-state index contributed by atoms with van der Waals surface area (Å²) in [7, 11) is 1.38. The van der Waals surface area contributed by atoms with Crippen molar-refractivity contribution in [2.24, 2.45) is 0 Å². The van der Waals surface area contributed by atoms with Gasteiger partial charge < -0.3 is 15.2 Å². The number of rotatable bonds is 3. The van der Waals surface area contributed by atoms with Gasteiger partial charge in [-0.2, -0.15) is 0 Å². The number of benzene rings is 2. The predicted molar refractivity (Wildman–Crippen MR) is 73.6 cm³/mol. The third kappa shape index (κ3) is 2.90. The molecule has 3 nitrogen and oxygen atoms in total. The summed E-state index contributed by atoms with van der Waals surface area (Å²) in [6.45, 7) is 1.86. The molecule has 0 heterocycles. The molecule has 0 amide bonds. The van der Waals surface area contributed by atoms with Crippen molar-refractivity contribution in [3.05, 3.63) is 46.7 Å². The average molecular weight is 282 g/mol. The Kier molecular flexibility index (Phi) is 3.81. The minimum absolute atomic E-state index is 0.0795. The average Bonchev–Trinajstić information content (AvgIpc) is 2.35. The van der Waals surface area contributed by atoms with E-state index in [2.05, 4.69) is 0 Å². The predicted octanol–water partition coefficient (Wildman–Crippen LogP) is 4.17. The summed E-state index contributed by atoms with van der Waals surface area (Å²) in [6, 6.07) is 7.79. The lowest BCUT2D eigenvalue weighted by Gasteiger charge is -2.12. The smallest absolute Gasteiger partial charge is 0.167 e. The summed E-state index contributed by atoms with van der Waals surface area (Å²) in [6.07, 6.45) is 0. The molecule has 5 heteroatoms. The second-order valence-corrected chi connectivity index (χ2v) is 4.47. The van der Waals surface area contributed by atoms with E-state index in [9.17, 15) is 4.39 Å². The van der Waals surface area contributed by atoms with Crippen molar-refractivity contribution >= 4 is 17.3 Å². The van der Waals surface area contributed by atoms with Crippen LogP contribution in [0.1, 0.15) is 5.56 Å². The maximum absolute atomic E-state index is 13.4. The van der Waals surface area contributed by atoms with Crippen molar-refractivity contribution in [3.63, 3.8) is 0 Å². The van der Waals surface area contributed by atoms with Crippen LogP contribution in [-0.4, -0.2) is 7.11 Å². The minimum Gasteiger partial charge on any atom is -0.494 e. The highest BCUT2D eigenvalue weighted by Crippen LogP contribution is 2.35. The molecule has 0 unspecified atom stereocenters. The van der Waals surface area contributed by atoms with E-state index in [-0.39, 0.29) is 11.4 Å². The van der Waals surface area contributed by atoms with Gasteiger partial charge in [-0.1, -0.05) is 11.6 Å². The van der Waals surface area contributed by atoms with E-state index in [0.29, 0.717) is 16.5 Å². The first-order chi connectivity index (χ1) is 9.01. The molecule has 0 spiro atoms. The van der Waals surface area contributed by atoms with E-state index in [1.165, 1.54) is 19.2 Å². The Morgan fingerprint density at radius 3 is 2.47 bits per heavy atom. The maximum atomic E-state index is 13.4. The number of nitrogen functional groups attached to an aromatic ring is 1. The van der Waals surface area contributed by atoms with Crippen molar-refractivity contribution < 1.29 is 13.9 Å². The molecule has 2 aromatic rings. The number of hydrogen-bond acceptors (Lipinski definition) is 3. The van der Waals surface area contributed by atoms with Gasteiger partial charge in [0.25, 0.3) is 0 Å². The van der Waals surface area contributed by atoms with Crippen LogP contribution in [0.4, 0.5) is 10.1 Å². The number of nitrogens with two attached hydrogens (primary N) is 1. The second kappa shape index (κ2) is 5.36. The van der Waals surface area contributed by atoms with Gasteiger partial charge in [0.2, 0.25) is 0 Å². The van der Waals surface area contributed by atoms with Crippen molar-refractivity contribution in [2.75, 3.05) is 12.8 Å². The van der Waals surface area contributed by atoms with Crippen molar-refractivity contribution in [1.82, 2.24) is 0 Å². The fraction of sp³-hybridized carbons (Fsp3) is 0.143. The number of anilines is 1. The van der Waals surface area contributed by atoms with E-state index >= 15 is 0 Å². The van der Waals surface area contributed by atoms with Crippen LogP contribution in [0.3, 0.4) is 0 Å². The maximum Gasteiger partial charge on any atom is 0.167 e. The molecule has 0 aliphatic heterocycles. The number of halogens is 2. The molecule has 2 rings (SSSR count). The lowest BCUT2D eigenvalue weighted by atomic mass is 10.2. The van der Waals surface area contributed by atoms with Crippen molar-refractivity contribution in [3.8, 4) is 17.2 Å². The molecular formula is C14H13ClFNO2. The highest BCUT2D eigenvalue weighted by atomic mass is 35.5. The topological polar surface area (TPSA) is 44.5 Å². The molecule has 19 heavy (non-hydrogen) atoms. The van der Waals surface area contributed by atoms with E-state index in [1.807, 2.05) is 6.92 Å². The zero-order valence-electron chi connectivity index (χ0n) is 10.5. The molecule has 0 bridgehead atoms. The molecule has 0 radical (unpaired) electrons. The summed E-state index contributed by atoms with van der Waals surface area (Å²) in [5.74, 6) is 0.490. The van der Waals surface area contributed by atoms with Crippen LogP contribution in [-0.2, 0) is 0 Å². The monoisotopic (exact) mass is 281 g/mol. The number of hydrogen-bond donors (Lipinski definition) is 1. The Labute approximate surface area is 115 Å². The molecule has 0 saturated heterocycles. The summed E-state index contributed by atoms with van der Waals surface area (Å²) in [5.41, 5.74) is 6.78. The molecule has 0 aliphatic carbocycles. The second-order valence-electron chi connectivity index (χ2n) is 4.04. The molecular weight excluding hydrogens is 269 g/mol. The Hall–Kier alpha value is -1.94. The van der Waals surface area contributed by atoms with Gasteiger partial charge in [0.1, 0.15) is 5.75 Å². The van der Waals surface area contributed by atoms with Gasteiger partial charge in [-0.05, 0) is 30.7 Å². The molecule has 0 aliphatic rings. The van der Waals surface area contributed by atoms with E-state index in [1.54, 1.807) is 18.2 Å². The largest absolute Gasteiger partial charge is 0.494 e. The Bertz CT molecular complexity index is 617. The molecule has 2 aromatic carbocycles. The van der Waals surface area contributed by atoms with Crippen molar-refractivity contribution in [2.45, 2.75) is 6.92 Å². The molecule has 0 saturated carbocycles. The van der Waals surface area contributed by atoms with Gasteiger partial charge >= 0.3 is 0 Å². The lowest BCUT2D eigenvalue weighted by Crippen LogP contribution is -1.97. The number of methoxy groups -OCH3 is 1. The zero-order chi connectivity index (χ0) is 14.0. The Balaban J connectivity index is 2.37. The fourth-order valence-corrected chi connectivity index (χ4v) is 1.87. The van der Waals surface area contributed by atoms with E-state index in [0.717, 1.165) is 5.56 Å². The fourth-order valence-electron chi connectivity index (χ4n) is 1.64. The van der Waals surface area contributed by atoms with Crippen LogP contribution in [0, 0.1) is 12.7 Å². The van der Waals surface area contributed by atoms with Crippen LogP contribution in [0.2, 0.25) is 5.02 Å². The quantitative estimate of drug-likeness (QED) is 0.859. The van der Waals surface area contributed by atoms with Crippen LogP contribution < -0.4 is 15.2 Å². The number of ether oxygens (including phenoxy) is 2. The van der Waals surface area contributed by atoms with Gasteiger partial charge in [0.05, 0.1) is 12.8 Å². The highest BCUT2D eigenvalue weighted by Gasteiger charge is 2.11. The molecule has 100 valence electrons. The summed E-state index contributed by atoms with van der Waals surface area (Å²) in [5, 5.41) is 0.620. The number of aryl methyl sites for hydroxylation is 1. The summed E-state index contributed by atoms with van der Waals surface area (Å²) >= 11 is 5.87. The minimum atomic E-state index is -0.528.